The van der Waals surface area contributed by atoms with Gasteiger partial charge >= 0.3 is 5.97 Å². The molecule has 92 valence electrons. The van der Waals surface area contributed by atoms with Crippen LogP contribution in [0.5, 0.6) is 0 Å². The van der Waals surface area contributed by atoms with Crippen molar-refractivity contribution in [2.75, 3.05) is 19.7 Å². The Morgan fingerprint density at radius 3 is 2.94 bits per heavy atom. The quantitative estimate of drug-likeness (QED) is 0.722. The Labute approximate surface area is 97.3 Å². The number of likely N-dealkylation sites (tertiary alicyclic amines) is 1. The molecule has 3 atom stereocenters. The van der Waals surface area contributed by atoms with Gasteiger partial charge in [-0.3, -0.25) is 9.69 Å². The highest BCUT2D eigenvalue weighted by Crippen LogP contribution is 2.21. The summed E-state index contributed by atoms with van der Waals surface area (Å²) in [5.74, 6) is -0.0831. The Morgan fingerprint density at radius 1 is 1.44 bits per heavy atom. The lowest BCUT2D eigenvalue weighted by Crippen LogP contribution is -2.44. The number of carbonyl (C=O) groups is 1. The van der Waals surface area contributed by atoms with E-state index in [2.05, 4.69) is 10.2 Å². The van der Waals surface area contributed by atoms with Gasteiger partial charge in [0.1, 0.15) is 6.04 Å². The van der Waals surface area contributed by atoms with Crippen molar-refractivity contribution in [1.82, 2.24) is 10.2 Å². The van der Waals surface area contributed by atoms with E-state index in [1.165, 1.54) is 12.8 Å². The Kier molecular flexibility index (Phi) is 3.82. The summed E-state index contributed by atoms with van der Waals surface area (Å²) in [6.45, 7) is 6.28. The summed E-state index contributed by atoms with van der Waals surface area (Å²) in [6.07, 6.45) is 3.70. The van der Waals surface area contributed by atoms with Crippen molar-refractivity contribution in [2.24, 2.45) is 0 Å². The summed E-state index contributed by atoms with van der Waals surface area (Å²) < 4.78 is 5.08. The molecule has 3 unspecified atom stereocenters. The van der Waals surface area contributed by atoms with Crippen molar-refractivity contribution in [2.45, 2.75) is 51.2 Å². The molecule has 1 N–H and O–H groups in total. The summed E-state index contributed by atoms with van der Waals surface area (Å²) in [7, 11) is 0. The number of carbonyl (C=O) groups excluding carboxylic acids is 1. The highest BCUT2D eigenvalue weighted by Gasteiger charge is 2.33. The SMILES string of the molecule is CCOC(=O)C(C)N1CCC2CCC(C1)N2. The second-order valence-corrected chi connectivity index (χ2v) is 4.85. The van der Waals surface area contributed by atoms with Crippen LogP contribution in [0.1, 0.15) is 33.1 Å². The van der Waals surface area contributed by atoms with Crippen LogP contribution in [0.15, 0.2) is 0 Å². The molecule has 0 spiro atoms. The molecule has 0 aromatic rings. The van der Waals surface area contributed by atoms with Gasteiger partial charge in [-0.15, -0.1) is 0 Å². The minimum absolute atomic E-state index is 0.0831. The molecular formula is C12H22N2O2. The molecule has 0 aliphatic carbocycles. The van der Waals surface area contributed by atoms with E-state index >= 15 is 0 Å². The normalized spacial score (nSPS) is 32.1. The third-order valence-corrected chi connectivity index (χ3v) is 3.73. The third-order valence-electron chi connectivity index (χ3n) is 3.73. The zero-order chi connectivity index (χ0) is 11.5. The average molecular weight is 226 g/mol. The first-order chi connectivity index (χ1) is 7.70. The lowest BCUT2D eigenvalue weighted by Gasteiger charge is -2.28. The van der Waals surface area contributed by atoms with E-state index in [1.807, 2.05) is 13.8 Å². The van der Waals surface area contributed by atoms with Crippen LogP contribution < -0.4 is 5.32 Å². The second-order valence-electron chi connectivity index (χ2n) is 4.85. The number of esters is 1. The summed E-state index contributed by atoms with van der Waals surface area (Å²) in [6, 6.07) is 1.15. The van der Waals surface area contributed by atoms with Crippen molar-refractivity contribution in [1.29, 1.82) is 0 Å². The van der Waals surface area contributed by atoms with Gasteiger partial charge in [0.2, 0.25) is 0 Å². The number of nitrogens with zero attached hydrogens (tertiary/aromatic N) is 1. The van der Waals surface area contributed by atoms with Crippen LogP contribution in [0.25, 0.3) is 0 Å². The second kappa shape index (κ2) is 5.15. The largest absolute Gasteiger partial charge is 0.465 e. The summed E-state index contributed by atoms with van der Waals surface area (Å²) in [4.78, 5) is 13.9. The molecule has 0 radical (unpaired) electrons. The molecule has 0 amide bonds. The molecular weight excluding hydrogens is 204 g/mol. The smallest absolute Gasteiger partial charge is 0.323 e. The van der Waals surface area contributed by atoms with Crippen LogP contribution in [0.4, 0.5) is 0 Å². The van der Waals surface area contributed by atoms with E-state index in [-0.39, 0.29) is 12.0 Å². The van der Waals surface area contributed by atoms with E-state index < -0.39 is 0 Å². The summed E-state index contributed by atoms with van der Waals surface area (Å²) in [5, 5.41) is 3.61. The number of ether oxygens (including phenoxy) is 1. The van der Waals surface area contributed by atoms with Gasteiger partial charge in [0, 0.05) is 25.2 Å². The van der Waals surface area contributed by atoms with Crippen molar-refractivity contribution >= 4 is 5.97 Å². The number of rotatable bonds is 3. The molecule has 2 heterocycles. The maximum atomic E-state index is 11.7. The van der Waals surface area contributed by atoms with Crippen LogP contribution >= 0.6 is 0 Å². The van der Waals surface area contributed by atoms with Gasteiger partial charge in [-0.1, -0.05) is 0 Å². The predicted octanol–water partition coefficient (Wildman–Crippen LogP) is 0.764. The topological polar surface area (TPSA) is 41.6 Å². The van der Waals surface area contributed by atoms with Gasteiger partial charge < -0.3 is 10.1 Å². The number of fused-ring (bicyclic) bond motifs is 2. The maximum Gasteiger partial charge on any atom is 0.323 e. The van der Waals surface area contributed by atoms with E-state index in [1.54, 1.807) is 0 Å². The fourth-order valence-corrected chi connectivity index (χ4v) is 2.73. The molecule has 2 bridgehead atoms. The summed E-state index contributed by atoms with van der Waals surface area (Å²) >= 11 is 0. The fourth-order valence-electron chi connectivity index (χ4n) is 2.73. The van der Waals surface area contributed by atoms with Gasteiger partial charge in [0.05, 0.1) is 6.61 Å². The zero-order valence-electron chi connectivity index (χ0n) is 10.2. The average Bonchev–Trinajstić information content (AvgIpc) is 2.58. The molecule has 4 nitrogen and oxygen atoms in total. The highest BCUT2D eigenvalue weighted by atomic mass is 16.5. The number of hydrogen-bond donors (Lipinski definition) is 1. The molecule has 2 rings (SSSR count). The van der Waals surface area contributed by atoms with Crippen molar-refractivity contribution in [3.63, 3.8) is 0 Å². The fraction of sp³-hybridized carbons (Fsp3) is 0.917. The van der Waals surface area contributed by atoms with Crippen LogP contribution in [-0.4, -0.2) is 48.7 Å². The van der Waals surface area contributed by atoms with Crippen LogP contribution in [0.3, 0.4) is 0 Å². The Balaban J connectivity index is 1.91. The number of nitrogens with one attached hydrogen (secondary N) is 1. The molecule has 4 heteroatoms. The predicted molar refractivity (Wildman–Crippen MR) is 62.2 cm³/mol. The first-order valence-corrected chi connectivity index (χ1v) is 6.37. The zero-order valence-corrected chi connectivity index (χ0v) is 10.2. The maximum absolute atomic E-state index is 11.7. The van der Waals surface area contributed by atoms with Gasteiger partial charge in [-0.2, -0.15) is 0 Å². The molecule has 16 heavy (non-hydrogen) atoms. The van der Waals surface area contributed by atoms with E-state index in [9.17, 15) is 4.79 Å². The molecule has 0 aromatic carbocycles. The van der Waals surface area contributed by atoms with Crippen LogP contribution in [-0.2, 0) is 9.53 Å². The van der Waals surface area contributed by atoms with E-state index in [4.69, 9.17) is 4.74 Å². The minimum atomic E-state index is -0.0962. The molecule has 2 aliphatic heterocycles. The van der Waals surface area contributed by atoms with Crippen molar-refractivity contribution in [3.05, 3.63) is 0 Å². The van der Waals surface area contributed by atoms with Crippen molar-refractivity contribution in [3.8, 4) is 0 Å². The first kappa shape index (κ1) is 11.9. The van der Waals surface area contributed by atoms with Gasteiger partial charge in [0.15, 0.2) is 0 Å². The van der Waals surface area contributed by atoms with E-state index in [0.717, 1.165) is 19.5 Å². The van der Waals surface area contributed by atoms with Gasteiger partial charge in [0.25, 0.3) is 0 Å². The molecule has 0 saturated carbocycles. The van der Waals surface area contributed by atoms with Gasteiger partial charge in [-0.05, 0) is 33.1 Å². The van der Waals surface area contributed by atoms with Gasteiger partial charge in [-0.25, -0.2) is 0 Å². The lowest BCUT2D eigenvalue weighted by molar-refractivity contribution is -0.148. The molecule has 2 aliphatic rings. The summed E-state index contributed by atoms with van der Waals surface area (Å²) in [5.41, 5.74) is 0. The molecule has 2 saturated heterocycles. The Hall–Kier alpha value is -0.610. The monoisotopic (exact) mass is 226 g/mol. The van der Waals surface area contributed by atoms with E-state index in [0.29, 0.717) is 18.7 Å². The number of hydrogen-bond acceptors (Lipinski definition) is 4. The first-order valence-electron chi connectivity index (χ1n) is 6.37. The Bertz CT molecular complexity index is 257. The third kappa shape index (κ3) is 2.55. The standard InChI is InChI=1S/C12H22N2O2/c1-3-16-12(15)9(2)14-7-6-10-4-5-11(8-14)13-10/h9-11,13H,3-8H2,1-2H3. The Morgan fingerprint density at radius 2 is 2.19 bits per heavy atom. The molecule has 0 aromatic heterocycles. The molecule has 2 fully saturated rings. The minimum Gasteiger partial charge on any atom is -0.465 e. The lowest BCUT2D eigenvalue weighted by atomic mass is 10.1. The van der Waals surface area contributed by atoms with Crippen LogP contribution in [0, 0.1) is 0 Å². The van der Waals surface area contributed by atoms with Crippen molar-refractivity contribution < 1.29 is 9.53 Å². The van der Waals surface area contributed by atoms with Crippen LogP contribution in [0.2, 0.25) is 0 Å². The highest BCUT2D eigenvalue weighted by molar-refractivity contribution is 5.75.